The lowest BCUT2D eigenvalue weighted by molar-refractivity contribution is 0.581. The first-order valence-electron chi connectivity index (χ1n) is 5.09. The fraction of sp³-hybridized carbons (Fsp3) is 0.0909. The maximum Gasteiger partial charge on any atom is 0.243 e. The highest BCUT2D eigenvalue weighted by Gasteiger charge is 2.14. The predicted octanol–water partition coefficient (Wildman–Crippen LogP) is 0.760. The van der Waals surface area contributed by atoms with Gasteiger partial charge < -0.3 is 0 Å². The maximum atomic E-state index is 11.8. The zero-order chi connectivity index (χ0) is 13.0. The van der Waals surface area contributed by atoms with Crippen LogP contribution in [0.4, 0.5) is 0 Å². The second-order valence-corrected chi connectivity index (χ2v) is 5.33. The monoisotopic (exact) mass is 262 g/mol. The maximum absolute atomic E-state index is 11.8. The van der Waals surface area contributed by atoms with Crippen molar-refractivity contribution in [3.8, 4) is 6.07 Å². The quantitative estimate of drug-likeness (QED) is 0.849. The molecule has 0 spiro atoms. The van der Waals surface area contributed by atoms with Crippen LogP contribution in [0.25, 0.3) is 0 Å². The van der Waals surface area contributed by atoms with Gasteiger partial charge in [0.25, 0.3) is 0 Å². The molecular formula is C11H10N4O2S. The Balaban J connectivity index is 2.06. The number of aromatic nitrogens is 2. The summed E-state index contributed by atoms with van der Waals surface area (Å²) in [6.45, 7) is 0.166. The van der Waals surface area contributed by atoms with E-state index in [1.807, 2.05) is 6.07 Å². The Bertz CT molecular complexity index is 654. The minimum Gasteiger partial charge on any atom is -0.284 e. The van der Waals surface area contributed by atoms with Gasteiger partial charge in [0, 0.05) is 12.7 Å². The SMILES string of the molecule is N#Cc1ccc(CNS(=O)(=O)c2cn[nH]c2)cc1. The van der Waals surface area contributed by atoms with Crippen molar-refractivity contribution in [3.05, 3.63) is 47.8 Å². The molecule has 0 atom stereocenters. The van der Waals surface area contributed by atoms with Crippen LogP contribution in [0, 0.1) is 11.3 Å². The Hall–Kier alpha value is -2.17. The van der Waals surface area contributed by atoms with Gasteiger partial charge in [0.1, 0.15) is 4.90 Å². The van der Waals surface area contributed by atoms with Crippen LogP contribution in [-0.4, -0.2) is 18.6 Å². The number of H-pyrrole nitrogens is 1. The van der Waals surface area contributed by atoms with Crippen LogP contribution >= 0.6 is 0 Å². The smallest absolute Gasteiger partial charge is 0.243 e. The number of aromatic amines is 1. The van der Waals surface area contributed by atoms with Crippen molar-refractivity contribution in [2.75, 3.05) is 0 Å². The van der Waals surface area contributed by atoms with Gasteiger partial charge in [0.15, 0.2) is 0 Å². The molecule has 7 heteroatoms. The Labute approximate surface area is 104 Å². The highest BCUT2D eigenvalue weighted by molar-refractivity contribution is 7.89. The molecule has 0 unspecified atom stereocenters. The summed E-state index contributed by atoms with van der Waals surface area (Å²) in [5.74, 6) is 0. The van der Waals surface area contributed by atoms with E-state index in [2.05, 4.69) is 14.9 Å². The molecule has 0 bridgehead atoms. The molecule has 1 aromatic carbocycles. The third-order valence-electron chi connectivity index (χ3n) is 2.33. The van der Waals surface area contributed by atoms with E-state index >= 15 is 0 Å². The molecule has 0 aliphatic heterocycles. The third-order valence-corrected chi connectivity index (χ3v) is 3.70. The summed E-state index contributed by atoms with van der Waals surface area (Å²) in [6.07, 6.45) is 2.54. The Kier molecular flexibility index (Phi) is 3.41. The number of benzene rings is 1. The van der Waals surface area contributed by atoms with E-state index in [1.165, 1.54) is 12.4 Å². The van der Waals surface area contributed by atoms with E-state index < -0.39 is 10.0 Å². The van der Waals surface area contributed by atoms with Crippen molar-refractivity contribution >= 4 is 10.0 Å². The number of nitrogens with one attached hydrogen (secondary N) is 2. The van der Waals surface area contributed by atoms with Crippen LogP contribution in [0.2, 0.25) is 0 Å². The number of rotatable bonds is 4. The second-order valence-electron chi connectivity index (χ2n) is 3.57. The lowest BCUT2D eigenvalue weighted by atomic mass is 10.1. The third kappa shape index (κ3) is 2.74. The van der Waals surface area contributed by atoms with Crippen LogP contribution in [0.15, 0.2) is 41.6 Å². The molecule has 92 valence electrons. The summed E-state index contributed by atoms with van der Waals surface area (Å²) < 4.78 is 26.0. The van der Waals surface area contributed by atoms with E-state index in [0.717, 1.165) is 5.56 Å². The molecule has 0 fully saturated rings. The number of nitrogens with zero attached hydrogens (tertiary/aromatic N) is 2. The average molecular weight is 262 g/mol. The van der Waals surface area contributed by atoms with E-state index in [9.17, 15) is 8.42 Å². The van der Waals surface area contributed by atoms with Gasteiger partial charge >= 0.3 is 0 Å². The summed E-state index contributed by atoms with van der Waals surface area (Å²) >= 11 is 0. The molecule has 2 N–H and O–H groups in total. The fourth-order valence-electron chi connectivity index (χ4n) is 1.34. The Morgan fingerprint density at radius 3 is 2.61 bits per heavy atom. The van der Waals surface area contributed by atoms with Gasteiger partial charge in [0.2, 0.25) is 10.0 Å². The van der Waals surface area contributed by atoms with Gasteiger partial charge in [0.05, 0.1) is 17.8 Å². The number of sulfonamides is 1. The summed E-state index contributed by atoms with van der Waals surface area (Å²) in [4.78, 5) is 0.0937. The topological polar surface area (TPSA) is 98.6 Å². The molecule has 18 heavy (non-hydrogen) atoms. The largest absolute Gasteiger partial charge is 0.284 e. The Morgan fingerprint density at radius 1 is 1.33 bits per heavy atom. The first-order chi connectivity index (χ1) is 8.62. The number of hydrogen-bond acceptors (Lipinski definition) is 4. The first-order valence-corrected chi connectivity index (χ1v) is 6.57. The van der Waals surface area contributed by atoms with Crippen molar-refractivity contribution in [1.82, 2.24) is 14.9 Å². The van der Waals surface area contributed by atoms with Crippen molar-refractivity contribution in [2.24, 2.45) is 0 Å². The summed E-state index contributed by atoms with van der Waals surface area (Å²) in [6, 6.07) is 8.69. The number of nitriles is 1. The molecule has 2 aromatic rings. The molecule has 1 heterocycles. The van der Waals surface area contributed by atoms with Crippen molar-refractivity contribution < 1.29 is 8.42 Å². The van der Waals surface area contributed by atoms with E-state index in [0.29, 0.717) is 5.56 Å². The number of hydrogen-bond donors (Lipinski definition) is 2. The van der Waals surface area contributed by atoms with Gasteiger partial charge in [-0.2, -0.15) is 10.4 Å². The highest BCUT2D eigenvalue weighted by atomic mass is 32.2. The van der Waals surface area contributed by atoms with Crippen LogP contribution in [0.3, 0.4) is 0 Å². The standard InChI is InChI=1S/C11H10N4O2S/c12-5-9-1-3-10(4-2-9)6-15-18(16,17)11-7-13-14-8-11/h1-4,7-8,15H,6H2,(H,13,14). The van der Waals surface area contributed by atoms with Crippen LogP contribution in [0.5, 0.6) is 0 Å². The summed E-state index contributed by atoms with van der Waals surface area (Å²) in [7, 11) is -3.54. The fourth-order valence-corrected chi connectivity index (χ4v) is 2.27. The molecule has 0 radical (unpaired) electrons. The van der Waals surface area contributed by atoms with Gasteiger partial charge in [-0.05, 0) is 17.7 Å². The lowest BCUT2D eigenvalue weighted by Gasteiger charge is -2.04. The van der Waals surface area contributed by atoms with E-state index in [1.54, 1.807) is 24.3 Å². The van der Waals surface area contributed by atoms with Crippen molar-refractivity contribution in [3.63, 3.8) is 0 Å². The van der Waals surface area contributed by atoms with Crippen molar-refractivity contribution in [2.45, 2.75) is 11.4 Å². The van der Waals surface area contributed by atoms with Crippen LogP contribution in [-0.2, 0) is 16.6 Å². The Morgan fingerprint density at radius 2 is 2.06 bits per heavy atom. The predicted molar refractivity (Wildman–Crippen MR) is 63.8 cm³/mol. The molecule has 0 saturated heterocycles. The molecule has 6 nitrogen and oxygen atoms in total. The van der Waals surface area contributed by atoms with Gasteiger partial charge in [-0.1, -0.05) is 12.1 Å². The molecule has 0 saturated carbocycles. The normalized spacial score (nSPS) is 11.1. The minimum atomic E-state index is -3.54. The highest BCUT2D eigenvalue weighted by Crippen LogP contribution is 2.07. The van der Waals surface area contributed by atoms with Crippen LogP contribution < -0.4 is 4.72 Å². The second kappa shape index (κ2) is 5.00. The molecule has 0 aliphatic carbocycles. The molecule has 0 aliphatic rings. The van der Waals surface area contributed by atoms with Gasteiger partial charge in [-0.25, -0.2) is 13.1 Å². The summed E-state index contributed by atoms with van der Waals surface area (Å²) in [5, 5.41) is 14.7. The first kappa shape index (κ1) is 12.3. The molecular weight excluding hydrogens is 252 g/mol. The zero-order valence-electron chi connectivity index (χ0n) is 9.29. The average Bonchev–Trinajstić information content (AvgIpc) is 2.92. The minimum absolute atomic E-state index is 0.0937. The zero-order valence-corrected chi connectivity index (χ0v) is 10.1. The molecule has 1 aromatic heterocycles. The molecule has 0 amide bonds. The lowest BCUT2D eigenvalue weighted by Crippen LogP contribution is -2.22. The molecule has 2 rings (SSSR count). The van der Waals surface area contributed by atoms with Crippen molar-refractivity contribution in [1.29, 1.82) is 5.26 Å². The van der Waals surface area contributed by atoms with Gasteiger partial charge in [-0.3, -0.25) is 5.10 Å². The van der Waals surface area contributed by atoms with E-state index in [-0.39, 0.29) is 11.4 Å². The van der Waals surface area contributed by atoms with Crippen LogP contribution in [0.1, 0.15) is 11.1 Å². The van der Waals surface area contributed by atoms with Gasteiger partial charge in [-0.15, -0.1) is 0 Å². The summed E-state index contributed by atoms with van der Waals surface area (Å²) in [5.41, 5.74) is 1.32. The van der Waals surface area contributed by atoms with E-state index in [4.69, 9.17) is 5.26 Å².